The normalized spacial score (nSPS) is 26.4. The fourth-order valence-corrected chi connectivity index (χ4v) is 11.0. The van der Waals surface area contributed by atoms with Gasteiger partial charge >= 0.3 is 0 Å². The molecule has 7 N–H and O–H groups in total. The molecule has 3 aliphatic carbocycles. The molecular weight excluding hydrogens is 826 g/mol. The van der Waals surface area contributed by atoms with E-state index in [2.05, 4.69) is 12.2 Å². The average molecular weight is 928 g/mol. The van der Waals surface area contributed by atoms with E-state index in [1.54, 1.807) is 0 Å². The van der Waals surface area contributed by atoms with Crippen molar-refractivity contribution >= 4 is 5.91 Å². The number of nitrogens with one attached hydrogen (secondary N) is 1. The second-order valence-electron chi connectivity index (χ2n) is 21.4. The number of aliphatic hydroxyl groups is 6. The first-order valence-corrected chi connectivity index (χ1v) is 27.8. The third-order valence-corrected chi connectivity index (χ3v) is 15.2. The maximum absolute atomic E-state index is 13.6. The molecule has 8 atom stereocenters. The van der Waals surface area contributed by atoms with Crippen LogP contribution in [0.2, 0.25) is 0 Å². The van der Waals surface area contributed by atoms with Gasteiger partial charge in [-0.3, -0.25) is 4.79 Å². The summed E-state index contributed by atoms with van der Waals surface area (Å²) in [6, 6.07) is -0.991. The highest BCUT2D eigenvalue weighted by atomic mass is 19.1. The quantitative estimate of drug-likeness (QED) is 0.0294. The third kappa shape index (κ3) is 24.5. The van der Waals surface area contributed by atoms with E-state index in [0.717, 1.165) is 70.6 Å². The van der Waals surface area contributed by atoms with Gasteiger partial charge in [-0.2, -0.15) is 0 Å². The number of unbranched alkanes of at least 4 members (excludes halogenated alkanes) is 32. The van der Waals surface area contributed by atoms with Crippen molar-refractivity contribution < 1.29 is 49.3 Å². The molecular formula is C54H102FNO9. The van der Waals surface area contributed by atoms with Crippen LogP contribution in [0.4, 0.5) is 4.39 Å². The molecule has 0 unspecified atom stereocenters. The Morgan fingerprint density at radius 1 is 0.600 bits per heavy atom. The molecule has 2 bridgehead atoms. The molecule has 1 heterocycles. The molecule has 0 spiro atoms. The van der Waals surface area contributed by atoms with Crippen LogP contribution in [0.15, 0.2) is 0 Å². The van der Waals surface area contributed by atoms with Crippen LogP contribution in [0.5, 0.6) is 0 Å². The first-order valence-electron chi connectivity index (χ1n) is 27.8. The standard InChI is InChI=1S/C54H102FNO9/c1-2-3-4-5-6-7-8-21-24-27-30-33-36-45(58)48(60)44(40-64-52-51(63)50(62)49(61)46(39-57)65-52)56-47(59)37-34-31-28-25-22-19-17-15-13-11-9-10-12-14-16-18-20-23-26-29-32-35-38-53-41-54(55,42-53)43-53/h44-46,48-52,57-58,60-63H,2-43H2,1H3,(H,56,59)/t44-,45+,46+,48-,49-,50-,51+,52-,53?,54?/m0/s1. The Kier molecular flexibility index (Phi) is 31.6. The first kappa shape index (κ1) is 58.4. The van der Waals surface area contributed by atoms with Crippen LogP contribution in [0, 0.1) is 5.41 Å². The Morgan fingerprint density at radius 2 is 1.00 bits per heavy atom. The van der Waals surface area contributed by atoms with E-state index in [1.165, 1.54) is 173 Å². The molecule has 4 rings (SSSR count). The maximum atomic E-state index is 13.6. The van der Waals surface area contributed by atoms with Crippen LogP contribution >= 0.6 is 0 Å². The summed E-state index contributed by atoms with van der Waals surface area (Å²) in [5.74, 6) is -0.258. The molecule has 1 aliphatic heterocycles. The minimum Gasteiger partial charge on any atom is -0.394 e. The molecule has 3 saturated carbocycles. The summed E-state index contributed by atoms with van der Waals surface area (Å²) in [5.41, 5.74) is -0.283. The van der Waals surface area contributed by atoms with Gasteiger partial charge in [-0.25, -0.2) is 4.39 Å². The van der Waals surface area contributed by atoms with E-state index in [9.17, 15) is 39.8 Å². The second kappa shape index (κ2) is 35.2. The summed E-state index contributed by atoms with van der Waals surface area (Å²) in [7, 11) is 0. The predicted octanol–water partition coefficient (Wildman–Crippen LogP) is 11.4. The summed E-state index contributed by atoms with van der Waals surface area (Å²) in [6.07, 6.45) is 37.3. The molecule has 0 aromatic heterocycles. The molecule has 4 fully saturated rings. The molecule has 4 aliphatic rings. The zero-order chi connectivity index (χ0) is 47.0. The highest BCUT2D eigenvalue weighted by Crippen LogP contribution is 2.71. The molecule has 65 heavy (non-hydrogen) atoms. The maximum Gasteiger partial charge on any atom is 0.220 e. The number of halogens is 1. The molecule has 384 valence electrons. The number of hydrogen-bond donors (Lipinski definition) is 7. The lowest BCUT2D eigenvalue weighted by atomic mass is 9.41. The third-order valence-electron chi connectivity index (χ3n) is 15.2. The highest BCUT2D eigenvalue weighted by Gasteiger charge is 2.68. The average Bonchev–Trinajstić information content (AvgIpc) is 3.27. The number of carbonyl (C=O) groups excluding carboxylic acids is 1. The fraction of sp³-hybridized carbons (Fsp3) is 0.981. The number of hydrogen-bond acceptors (Lipinski definition) is 9. The van der Waals surface area contributed by atoms with E-state index in [0.29, 0.717) is 11.8 Å². The number of amides is 1. The Labute approximate surface area is 396 Å². The van der Waals surface area contributed by atoms with Crippen molar-refractivity contribution in [3.63, 3.8) is 0 Å². The topological polar surface area (TPSA) is 169 Å². The van der Waals surface area contributed by atoms with Crippen LogP contribution in [0.3, 0.4) is 0 Å². The van der Waals surface area contributed by atoms with Gasteiger partial charge in [-0.15, -0.1) is 0 Å². The van der Waals surface area contributed by atoms with Crippen molar-refractivity contribution in [3.05, 3.63) is 0 Å². The van der Waals surface area contributed by atoms with Gasteiger partial charge in [-0.1, -0.05) is 219 Å². The zero-order valence-corrected chi connectivity index (χ0v) is 41.6. The molecule has 1 amide bonds. The van der Waals surface area contributed by atoms with Gasteiger partial charge < -0.3 is 45.4 Å². The van der Waals surface area contributed by atoms with Crippen LogP contribution in [-0.4, -0.2) is 104 Å². The van der Waals surface area contributed by atoms with E-state index in [4.69, 9.17) is 9.47 Å². The Bertz CT molecular complexity index is 1140. The Hall–Kier alpha value is -0.920. The Morgan fingerprint density at radius 3 is 1.42 bits per heavy atom. The first-order chi connectivity index (χ1) is 31.5. The van der Waals surface area contributed by atoms with Crippen molar-refractivity contribution in [2.45, 2.75) is 318 Å². The van der Waals surface area contributed by atoms with E-state index in [1.807, 2.05) is 0 Å². The summed E-state index contributed by atoms with van der Waals surface area (Å²) >= 11 is 0. The highest BCUT2D eigenvalue weighted by molar-refractivity contribution is 5.76. The molecule has 0 aromatic carbocycles. The van der Waals surface area contributed by atoms with Gasteiger partial charge in [0.25, 0.3) is 0 Å². The number of aliphatic hydroxyl groups excluding tert-OH is 6. The number of rotatable bonds is 45. The van der Waals surface area contributed by atoms with Crippen molar-refractivity contribution in [2.75, 3.05) is 13.2 Å². The summed E-state index contributed by atoms with van der Waals surface area (Å²) in [6.45, 7) is 1.34. The molecule has 1 saturated heterocycles. The van der Waals surface area contributed by atoms with Crippen LogP contribution in [-0.2, 0) is 14.3 Å². The van der Waals surface area contributed by atoms with Crippen LogP contribution < -0.4 is 5.32 Å². The SMILES string of the molecule is CCCCCCCCCCCCCC[C@@H](O)[C@@H](O)[C@H](CO[C@H]1O[C@H](CO)[C@H](O)[C@H](O)[C@H]1O)NC(=O)CCCCCCCCCCCCCCCCCCCCCCCCC12CC(F)(C1)C2. The van der Waals surface area contributed by atoms with Gasteiger partial charge in [0.1, 0.15) is 36.2 Å². The van der Waals surface area contributed by atoms with Crippen LogP contribution in [0.25, 0.3) is 0 Å². The number of carbonyl (C=O) groups is 1. The predicted molar refractivity (Wildman–Crippen MR) is 260 cm³/mol. The second-order valence-corrected chi connectivity index (χ2v) is 21.4. The summed E-state index contributed by atoms with van der Waals surface area (Å²) in [4.78, 5) is 13.1. The van der Waals surface area contributed by atoms with Gasteiger partial charge in [0.2, 0.25) is 5.91 Å². The lowest BCUT2D eigenvalue weighted by Gasteiger charge is -2.66. The largest absolute Gasteiger partial charge is 0.394 e. The molecule has 11 heteroatoms. The van der Waals surface area contributed by atoms with Crippen molar-refractivity contribution in [1.29, 1.82) is 0 Å². The van der Waals surface area contributed by atoms with E-state index < -0.39 is 61.2 Å². The van der Waals surface area contributed by atoms with Gasteiger partial charge in [0, 0.05) is 6.42 Å². The molecule has 0 aromatic rings. The van der Waals surface area contributed by atoms with Crippen molar-refractivity contribution in [1.82, 2.24) is 5.32 Å². The van der Waals surface area contributed by atoms with Crippen molar-refractivity contribution in [3.8, 4) is 0 Å². The minimum atomic E-state index is -1.61. The molecule has 10 nitrogen and oxygen atoms in total. The fourth-order valence-electron chi connectivity index (χ4n) is 11.0. The smallest absolute Gasteiger partial charge is 0.220 e. The van der Waals surface area contributed by atoms with E-state index in [-0.39, 0.29) is 18.9 Å². The van der Waals surface area contributed by atoms with E-state index >= 15 is 0 Å². The Balaban J connectivity index is 1.15. The van der Waals surface area contributed by atoms with Gasteiger partial charge in [0.15, 0.2) is 6.29 Å². The summed E-state index contributed by atoms with van der Waals surface area (Å²) in [5, 5.41) is 65.3. The lowest BCUT2D eigenvalue weighted by Crippen LogP contribution is -2.64. The van der Waals surface area contributed by atoms with Crippen molar-refractivity contribution in [2.24, 2.45) is 5.41 Å². The lowest BCUT2D eigenvalue weighted by molar-refractivity contribution is -0.303. The van der Waals surface area contributed by atoms with Gasteiger partial charge in [-0.05, 0) is 43.9 Å². The zero-order valence-electron chi connectivity index (χ0n) is 41.6. The molecule has 0 radical (unpaired) electrons. The monoisotopic (exact) mass is 928 g/mol. The number of ether oxygens (including phenoxy) is 2. The summed E-state index contributed by atoms with van der Waals surface area (Å²) < 4.78 is 24.8. The van der Waals surface area contributed by atoms with Gasteiger partial charge in [0.05, 0.1) is 25.4 Å². The minimum absolute atomic E-state index is 0.258. The number of alkyl halides is 1. The van der Waals surface area contributed by atoms with Crippen LogP contribution in [0.1, 0.15) is 264 Å².